The number of aliphatic hydroxyl groups excluding tert-OH is 1. The maximum atomic E-state index is 11.6. The van der Waals surface area contributed by atoms with Crippen LogP contribution in [0.25, 0.3) is 22.2 Å². The van der Waals surface area contributed by atoms with Crippen LogP contribution in [0.5, 0.6) is 0 Å². The molecule has 3 aromatic heterocycles. The number of aliphatic hydroxyl groups is 2. The highest BCUT2D eigenvalue weighted by Crippen LogP contribution is 2.47. The molecule has 5 N–H and O–H groups in total. The lowest BCUT2D eigenvalue weighted by atomic mass is 9.73. The minimum Gasteiger partial charge on any atom is -0.386 e. The lowest BCUT2D eigenvalue weighted by molar-refractivity contribution is -0.285. The fraction of sp³-hybridized carbons (Fsp3) is 0.586. The number of aromatic amines is 1. The molecule has 12 nitrogen and oxygen atoms in total. The average molecular weight is 563 g/mol. The largest absolute Gasteiger partial charge is 0.386 e. The first kappa shape index (κ1) is 26.7. The molecule has 0 spiro atoms. The van der Waals surface area contributed by atoms with Crippen molar-refractivity contribution in [3.8, 4) is 0 Å². The summed E-state index contributed by atoms with van der Waals surface area (Å²) >= 11 is 0. The van der Waals surface area contributed by atoms with Gasteiger partial charge in [0, 0.05) is 13.0 Å². The van der Waals surface area contributed by atoms with Gasteiger partial charge in [0.2, 0.25) is 0 Å². The van der Waals surface area contributed by atoms with Gasteiger partial charge >= 0.3 is 0 Å². The molecule has 1 unspecified atom stereocenters. The van der Waals surface area contributed by atoms with Crippen molar-refractivity contribution >= 4 is 28.0 Å². The number of H-pyrrole nitrogens is 1. The van der Waals surface area contributed by atoms with Crippen LogP contribution in [0.2, 0.25) is 0 Å². The number of anilines is 1. The molecule has 0 amide bonds. The van der Waals surface area contributed by atoms with Gasteiger partial charge in [0.25, 0.3) is 0 Å². The average Bonchev–Trinajstić information content (AvgIpc) is 3.60. The van der Waals surface area contributed by atoms with E-state index in [2.05, 4.69) is 58.9 Å². The first-order chi connectivity index (χ1) is 19.5. The van der Waals surface area contributed by atoms with E-state index in [0.717, 1.165) is 29.7 Å². The highest BCUT2D eigenvalue weighted by atomic mass is 16.6. The van der Waals surface area contributed by atoms with Crippen molar-refractivity contribution in [2.45, 2.75) is 95.3 Å². The summed E-state index contributed by atoms with van der Waals surface area (Å²) in [6.07, 6.45) is 3.02. The van der Waals surface area contributed by atoms with Gasteiger partial charge in [0.05, 0.1) is 17.4 Å². The molecule has 4 aromatic rings. The molecule has 2 saturated heterocycles. The number of benzene rings is 1. The summed E-state index contributed by atoms with van der Waals surface area (Å²) in [4.78, 5) is 22.8. The Hall–Kier alpha value is -3.16. The molecule has 0 bridgehead atoms. The van der Waals surface area contributed by atoms with Crippen LogP contribution in [-0.4, -0.2) is 81.4 Å². The number of nitrogens with one attached hydrogen (secondary N) is 1. The molecule has 0 radical (unpaired) electrons. The van der Waals surface area contributed by atoms with E-state index >= 15 is 0 Å². The number of hydrogen-bond donors (Lipinski definition) is 4. The number of fused-ring (bicyclic) bond motifs is 3. The summed E-state index contributed by atoms with van der Waals surface area (Å²) in [5, 5.41) is 22.7. The monoisotopic (exact) mass is 562 g/mol. The van der Waals surface area contributed by atoms with Crippen LogP contribution in [0.15, 0.2) is 30.9 Å². The van der Waals surface area contributed by atoms with Gasteiger partial charge in [-0.05, 0) is 55.2 Å². The zero-order valence-corrected chi connectivity index (χ0v) is 23.9. The van der Waals surface area contributed by atoms with Crippen molar-refractivity contribution in [2.24, 2.45) is 5.92 Å². The quantitative estimate of drug-likeness (QED) is 0.285. The minimum absolute atomic E-state index is 0.0822. The van der Waals surface area contributed by atoms with Crippen molar-refractivity contribution in [1.29, 1.82) is 0 Å². The zero-order valence-electron chi connectivity index (χ0n) is 23.9. The van der Waals surface area contributed by atoms with Crippen LogP contribution in [0.3, 0.4) is 0 Å². The smallest absolute Gasteiger partial charge is 0.167 e. The van der Waals surface area contributed by atoms with E-state index in [1.165, 1.54) is 11.9 Å². The van der Waals surface area contributed by atoms with Gasteiger partial charge in [-0.15, -0.1) is 0 Å². The molecule has 1 aromatic carbocycles. The lowest BCUT2D eigenvalue weighted by Gasteiger charge is -2.55. The van der Waals surface area contributed by atoms with E-state index in [4.69, 9.17) is 20.2 Å². The van der Waals surface area contributed by atoms with Gasteiger partial charge < -0.3 is 30.4 Å². The number of ether oxygens (including phenoxy) is 2. The molecule has 5 atom stereocenters. The highest BCUT2D eigenvalue weighted by molar-refractivity contribution is 5.81. The second-order valence-corrected chi connectivity index (χ2v) is 13.0. The molecule has 7 rings (SSSR count). The van der Waals surface area contributed by atoms with E-state index in [1.54, 1.807) is 10.9 Å². The van der Waals surface area contributed by atoms with Crippen molar-refractivity contribution in [1.82, 2.24) is 34.4 Å². The van der Waals surface area contributed by atoms with Crippen molar-refractivity contribution in [2.75, 3.05) is 12.3 Å². The Labute approximate surface area is 237 Å². The van der Waals surface area contributed by atoms with Gasteiger partial charge in [-0.25, -0.2) is 24.8 Å². The fourth-order valence-electron chi connectivity index (χ4n) is 6.76. The third-order valence-corrected chi connectivity index (χ3v) is 9.09. The van der Waals surface area contributed by atoms with Gasteiger partial charge in [-0.3, -0.25) is 4.57 Å². The Morgan fingerprint density at radius 1 is 1.17 bits per heavy atom. The van der Waals surface area contributed by atoms with Gasteiger partial charge in [-0.2, -0.15) is 0 Å². The van der Waals surface area contributed by atoms with Crippen LogP contribution >= 0.6 is 0 Å². The summed E-state index contributed by atoms with van der Waals surface area (Å²) in [6, 6.07) is 6.46. The molecule has 218 valence electrons. The van der Waals surface area contributed by atoms with Crippen LogP contribution in [0.1, 0.15) is 64.6 Å². The fourth-order valence-corrected chi connectivity index (χ4v) is 6.76. The highest BCUT2D eigenvalue weighted by Gasteiger charge is 2.56. The van der Waals surface area contributed by atoms with Crippen molar-refractivity contribution < 1.29 is 19.7 Å². The maximum Gasteiger partial charge on any atom is 0.167 e. The zero-order chi connectivity index (χ0) is 28.7. The Bertz CT molecular complexity index is 1590. The summed E-state index contributed by atoms with van der Waals surface area (Å²) in [6.45, 7) is 9.00. The molecule has 5 heterocycles. The number of aryl methyl sites for hydroxylation is 1. The Morgan fingerprint density at radius 3 is 2.76 bits per heavy atom. The molecule has 3 aliphatic rings. The Balaban J connectivity index is 0.985. The summed E-state index contributed by atoms with van der Waals surface area (Å²) < 4.78 is 14.2. The molecular weight excluding hydrogens is 524 g/mol. The summed E-state index contributed by atoms with van der Waals surface area (Å²) in [5.74, 6) is 1.64. The predicted octanol–water partition coefficient (Wildman–Crippen LogP) is 2.62. The van der Waals surface area contributed by atoms with E-state index in [0.29, 0.717) is 36.5 Å². The number of nitrogens with zero attached hydrogens (tertiary/aromatic N) is 6. The molecule has 3 fully saturated rings. The second-order valence-electron chi connectivity index (χ2n) is 13.0. The van der Waals surface area contributed by atoms with Crippen molar-refractivity contribution in [3.05, 3.63) is 42.2 Å². The number of nitrogen functional groups attached to an aromatic ring is 1. The predicted molar refractivity (Wildman–Crippen MR) is 151 cm³/mol. The number of rotatable bonds is 5. The number of nitrogens with two attached hydrogens (primary N) is 1. The van der Waals surface area contributed by atoms with Crippen molar-refractivity contribution in [3.63, 3.8) is 0 Å². The number of aromatic nitrogens is 6. The first-order valence-corrected chi connectivity index (χ1v) is 14.4. The third-order valence-electron chi connectivity index (χ3n) is 9.09. The Kier molecular flexibility index (Phi) is 6.15. The van der Waals surface area contributed by atoms with Crippen LogP contribution in [-0.2, 0) is 21.3 Å². The lowest BCUT2D eigenvalue weighted by Crippen LogP contribution is -2.66. The SMILES string of the molecule is CC1O[C@H]2[C@@H](O)[C@H](n3cnc4c(N)ncnc43)O[C@@H]2CN1[C@]1(O)C[C@@H](CCc2nc3cc(C(C)(C)C)ccc3[nH]2)C1. The molecule has 1 aliphatic carbocycles. The van der Waals surface area contributed by atoms with E-state index < -0.39 is 30.3 Å². The molecular formula is C29H38N8O4. The summed E-state index contributed by atoms with van der Waals surface area (Å²) in [7, 11) is 0. The first-order valence-electron chi connectivity index (χ1n) is 14.4. The molecule has 1 saturated carbocycles. The maximum absolute atomic E-state index is 11.6. The van der Waals surface area contributed by atoms with E-state index in [1.807, 2.05) is 11.8 Å². The topological polar surface area (TPSA) is 160 Å². The third kappa shape index (κ3) is 4.49. The Morgan fingerprint density at radius 2 is 1.98 bits per heavy atom. The second kappa shape index (κ2) is 9.43. The van der Waals surface area contributed by atoms with Gasteiger partial charge in [0.15, 0.2) is 17.7 Å². The van der Waals surface area contributed by atoms with Gasteiger partial charge in [-0.1, -0.05) is 26.8 Å². The minimum atomic E-state index is -0.972. The summed E-state index contributed by atoms with van der Waals surface area (Å²) in [5.41, 5.74) is 9.33. The molecule has 41 heavy (non-hydrogen) atoms. The molecule has 12 heteroatoms. The normalized spacial score (nSPS) is 32.4. The standard InChI is InChI=1S/C29H38N8O4/c1-15-37(12-20-24(40-15)23(38)27(41-20)36-14-33-22-25(30)31-13-32-26(22)36)29(39)10-16(11-29)5-8-21-34-18-7-6-17(28(2,3)4)9-19(18)35-21/h6-7,9,13-16,20,23-24,27,38-39H,5,8,10-12H2,1-4H3,(H,34,35)(H2,30,31,32)/t15?,16-,20-,23-,24-,27-,29+/m1/s1. The van der Waals surface area contributed by atoms with Crippen LogP contribution < -0.4 is 5.73 Å². The number of imidazole rings is 2. The van der Waals surface area contributed by atoms with Crippen LogP contribution in [0, 0.1) is 5.92 Å². The van der Waals surface area contributed by atoms with E-state index in [-0.39, 0.29) is 17.5 Å². The number of hydrogen-bond acceptors (Lipinski definition) is 10. The molecule has 2 aliphatic heterocycles. The van der Waals surface area contributed by atoms with Gasteiger partial charge in [0.1, 0.15) is 47.9 Å². The van der Waals surface area contributed by atoms with Crippen LogP contribution in [0.4, 0.5) is 5.82 Å². The van der Waals surface area contributed by atoms with E-state index in [9.17, 15) is 10.2 Å².